The largest absolute Gasteiger partial charge is 0.266 e. The van der Waals surface area contributed by atoms with Crippen molar-refractivity contribution in [2.24, 2.45) is 5.14 Å². The zero-order valence-electron chi connectivity index (χ0n) is 18.9. The van der Waals surface area contributed by atoms with Gasteiger partial charge in [-0.2, -0.15) is 0 Å². The molecular formula is C25H22ClFN2O4S3. The third-order valence-corrected chi connectivity index (χ3v) is 8.11. The van der Waals surface area contributed by atoms with Crippen LogP contribution in [0.2, 0.25) is 5.02 Å². The third-order valence-electron chi connectivity index (χ3n) is 5.28. The van der Waals surface area contributed by atoms with Gasteiger partial charge in [0, 0.05) is 15.8 Å². The summed E-state index contributed by atoms with van der Waals surface area (Å²) in [7, 11) is -7.60. The second-order valence-electron chi connectivity index (χ2n) is 7.81. The molecule has 188 valence electrons. The van der Waals surface area contributed by atoms with Crippen molar-refractivity contribution in [3.8, 4) is 0 Å². The minimum absolute atomic E-state index is 0.0138. The van der Waals surface area contributed by atoms with Gasteiger partial charge in [0.05, 0.1) is 9.79 Å². The molecule has 1 aliphatic carbocycles. The molecule has 11 heteroatoms. The summed E-state index contributed by atoms with van der Waals surface area (Å²) in [6.07, 6.45) is 5.84. The van der Waals surface area contributed by atoms with Gasteiger partial charge in [-0.3, -0.25) is 0 Å². The summed E-state index contributed by atoms with van der Waals surface area (Å²) in [6.45, 7) is 1.95. The summed E-state index contributed by atoms with van der Waals surface area (Å²) >= 11 is 11.6. The molecule has 3 aromatic carbocycles. The molecule has 0 fully saturated rings. The first-order chi connectivity index (χ1) is 16.9. The van der Waals surface area contributed by atoms with Crippen molar-refractivity contribution in [1.82, 2.24) is 4.94 Å². The minimum atomic E-state index is -4.10. The highest BCUT2D eigenvalue weighted by atomic mass is 35.5. The third kappa shape index (κ3) is 6.94. The highest BCUT2D eigenvalue weighted by Crippen LogP contribution is 2.31. The fourth-order valence-corrected chi connectivity index (χ4v) is 4.96. The SMILES string of the molecule is Cc1cc(C2C=CC(c3ccc(S(=O)(=O)NF)cc3)=CC2=S)ccc1Cl.NS(=O)(=O)c1ccccc1. The molecule has 0 saturated heterocycles. The van der Waals surface area contributed by atoms with E-state index in [0.717, 1.165) is 32.1 Å². The molecule has 0 saturated carbocycles. The zero-order chi connectivity index (χ0) is 26.5. The molecular weight excluding hydrogens is 543 g/mol. The van der Waals surface area contributed by atoms with E-state index in [1.54, 1.807) is 30.3 Å². The van der Waals surface area contributed by atoms with Gasteiger partial charge in [-0.1, -0.05) is 78.4 Å². The van der Waals surface area contributed by atoms with Crippen molar-refractivity contribution in [3.05, 3.63) is 113 Å². The van der Waals surface area contributed by atoms with Crippen LogP contribution in [0.3, 0.4) is 0 Å². The monoisotopic (exact) mass is 564 g/mol. The molecule has 0 aliphatic heterocycles. The molecule has 0 aromatic heterocycles. The van der Waals surface area contributed by atoms with Gasteiger partial charge in [0.15, 0.2) is 0 Å². The van der Waals surface area contributed by atoms with Crippen LogP contribution >= 0.6 is 23.8 Å². The van der Waals surface area contributed by atoms with Crippen molar-refractivity contribution >= 4 is 54.3 Å². The Morgan fingerprint density at radius 2 is 1.58 bits per heavy atom. The highest BCUT2D eigenvalue weighted by Gasteiger charge is 2.19. The van der Waals surface area contributed by atoms with E-state index in [4.69, 9.17) is 29.0 Å². The Morgan fingerprint density at radius 3 is 2.08 bits per heavy atom. The molecule has 1 atom stereocenters. The smallest absolute Gasteiger partial charge is 0.225 e. The first-order valence-corrected chi connectivity index (χ1v) is 14.2. The quantitative estimate of drug-likeness (QED) is 0.325. The molecule has 0 spiro atoms. The predicted molar refractivity (Wildman–Crippen MR) is 144 cm³/mol. The van der Waals surface area contributed by atoms with E-state index in [2.05, 4.69) is 0 Å². The van der Waals surface area contributed by atoms with E-state index in [-0.39, 0.29) is 15.7 Å². The Balaban J connectivity index is 0.000000303. The number of sulfonamides is 2. The number of benzene rings is 3. The average Bonchev–Trinajstić information content (AvgIpc) is 2.86. The number of primary sulfonamides is 1. The van der Waals surface area contributed by atoms with Crippen LogP contribution in [-0.2, 0) is 20.0 Å². The van der Waals surface area contributed by atoms with Crippen LogP contribution in [0.4, 0.5) is 4.48 Å². The standard InChI is InChI=1S/C19H15ClFNO2S2.C6H7NO2S/c1-12-10-15(5-9-18(12)20)17-8-4-14(11-19(17)25)13-2-6-16(7-3-13)26(23,24)22-21;7-10(8,9)6-4-2-1-3-5-6/h2-11,17,22H,1H3;1-5H,(H2,7,8,9). The van der Waals surface area contributed by atoms with Gasteiger partial charge in [0.2, 0.25) is 10.0 Å². The molecule has 1 aliphatic rings. The van der Waals surface area contributed by atoms with E-state index < -0.39 is 20.0 Å². The summed E-state index contributed by atoms with van der Waals surface area (Å²) in [5.74, 6) is -0.0138. The van der Waals surface area contributed by atoms with Crippen LogP contribution in [0.15, 0.2) is 101 Å². The number of thiocarbonyl (C=S) groups is 1. The van der Waals surface area contributed by atoms with Crippen molar-refractivity contribution < 1.29 is 21.3 Å². The van der Waals surface area contributed by atoms with Gasteiger partial charge in [0.25, 0.3) is 10.0 Å². The molecule has 3 aromatic rings. The van der Waals surface area contributed by atoms with Crippen molar-refractivity contribution in [2.75, 3.05) is 0 Å². The maximum atomic E-state index is 12.3. The molecule has 0 radical (unpaired) electrons. The Bertz CT molecular complexity index is 1540. The molecule has 3 N–H and O–H groups in total. The molecule has 1 unspecified atom stereocenters. The Kier molecular flexibility index (Phi) is 8.93. The fraction of sp³-hybridized carbons (Fsp3) is 0.0800. The number of nitrogens with two attached hydrogens (primary N) is 1. The molecule has 0 amide bonds. The van der Waals surface area contributed by atoms with Crippen LogP contribution in [0.25, 0.3) is 5.57 Å². The van der Waals surface area contributed by atoms with Gasteiger partial charge in [0.1, 0.15) is 0 Å². The molecule has 0 bridgehead atoms. The van der Waals surface area contributed by atoms with Gasteiger partial charge in [-0.25, -0.2) is 22.0 Å². The van der Waals surface area contributed by atoms with Crippen molar-refractivity contribution in [1.29, 1.82) is 0 Å². The van der Waals surface area contributed by atoms with E-state index in [1.165, 1.54) is 24.3 Å². The first kappa shape index (κ1) is 27.9. The normalized spacial score (nSPS) is 15.6. The summed E-state index contributed by atoms with van der Waals surface area (Å²) in [5.41, 5.74) is 3.73. The van der Waals surface area contributed by atoms with Gasteiger partial charge in [-0.05, 0) is 70.5 Å². The van der Waals surface area contributed by atoms with E-state index >= 15 is 0 Å². The van der Waals surface area contributed by atoms with Gasteiger partial charge < -0.3 is 0 Å². The summed E-state index contributed by atoms with van der Waals surface area (Å²) in [6, 6.07) is 19.7. The second-order valence-corrected chi connectivity index (χ2v) is 11.9. The van der Waals surface area contributed by atoms with E-state index in [9.17, 15) is 21.3 Å². The minimum Gasteiger partial charge on any atom is -0.225 e. The zero-order valence-corrected chi connectivity index (χ0v) is 22.1. The lowest BCUT2D eigenvalue weighted by molar-refractivity contribution is 0.425. The maximum Gasteiger partial charge on any atom is 0.266 e. The number of rotatable bonds is 5. The molecule has 4 rings (SSSR count). The molecule has 0 heterocycles. The number of halogens is 2. The molecule has 6 nitrogen and oxygen atoms in total. The highest BCUT2D eigenvalue weighted by molar-refractivity contribution is 7.89. The van der Waals surface area contributed by atoms with Crippen LogP contribution in [0.1, 0.15) is 22.6 Å². The molecule has 36 heavy (non-hydrogen) atoms. The van der Waals surface area contributed by atoms with E-state index in [0.29, 0.717) is 5.02 Å². The van der Waals surface area contributed by atoms with Gasteiger partial charge in [-0.15, -0.1) is 4.48 Å². The average molecular weight is 565 g/mol. The van der Waals surface area contributed by atoms with E-state index in [1.807, 2.05) is 43.4 Å². The number of allylic oxidation sites excluding steroid dienone is 4. The predicted octanol–water partition coefficient (Wildman–Crippen LogP) is 5.25. The summed E-state index contributed by atoms with van der Waals surface area (Å²) in [5, 5.41) is 5.55. The Labute approximate surface area is 220 Å². The van der Waals surface area contributed by atoms with Crippen LogP contribution < -0.4 is 10.1 Å². The number of aryl methyl sites for hydroxylation is 1. The Hall–Kier alpha value is -2.73. The second kappa shape index (κ2) is 11.5. The number of hydrogen-bond donors (Lipinski definition) is 2. The van der Waals surface area contributed by atoms with Crippen LogP contribution in [-0.4, -0.2) is 21.7 Å². The van der Waals surface area contributed by atoms with Crippen LogP contribution in [0, 0.1) is 6.92 Å². The lowest BCUT2D eigenvalue weighted by Crippen LogP contribution is -2.14. The van der Waals surface area contributed by atoms with Crippen molar-refractivity contribution in [3.63, 3.8) is 0 Å². The van der Waals surface area contributed by atoms with Crippen LogP contribution in [0.5, 0.6) is 0 Å². The van der Waals surface area contributed by atoms with Crippen molar-refractivity contribution in [2.45, 2.75) is 22.6 Å². The fourth-order valence-electron chi connectivity index (χ4n) is 3.38. The lowest BCUT2D eigenvalue weighted by atomic mass is 9.87. The summed E-state index contributed by atoms with van der Waals surface area (Å²) < 4.78 is 56.4. The number of nitrogens with one attached hydrogen (secondary N) is 1. The Morgan fingerprint density at radius 1 is 0.944 bits per heavy atom. The first-order valence-electron chi connectivity index (χ1n) is 10.4. The number of hydrogen-bond acceptors (Lipinski definition) is 5. The maximum absolute atomic E-state index is 12.3. The summed E-state index contributed by atoms with van der Waals surface area (Å²) in [4.78, 5) is 1.58. The van der Waals surface area contributed by atoms with Gasteiger partial charge >= 0.3 is 0 Å². The topological polar surface area (TPSA) is 106 Å². The lowest BCUT2D eigenvalue weighted by Gasteiger charge is -2.19.